The number of nitrogens with one attached hydrogen (secondary N) is 2. The van der Waals surface area contributed by atoms with Crippen LogP contribution in [0, 0.1) is 17.1 Å². The maximum Gasteiger partial charge on any atom is 0.254 e. The van der Waals surface area contributed by atoms with Gasteiger partial charge in [-0.05, 0) is 50.1 Å². The minimum Gasteiger partial charge on any atom is -0.494 e. The highest BCUT2D eigenvalue weighted by Gasteiger charge is 2.29. The molecule has 3 aromatic rings. The van der Waals surface area contributed by atoms with E-state index in [0.717, 1.165) is 12.8 Å². The Bertz CT molecular complexity index is 1310. The predicted octanol–water partition coefficient (Wildman–Crippen LogP) is 3.76. The van der Waals surface area contributed by atoms with Gasteiger partial charge < -0.3 is 26.1 Å². The summed E-state index contributed by atoms with van der Waals surface area (Å²) in [4.78, 5) is 33.9. The molecule has 4 rings (SSSR count). The molecule has 4 N–H and O–H groups in total. The fraction of sp³-hybridized carbons (Fsp3) is 0.269. The van der Waals surface area contributed by atoms with Crippen LogP contribution in [0.15, 0.2) is 48.8 Å². The van der Waals surface area contributed by atoms with Gasteiger partial charge in [0, 0.05) is 53.3 Å². The average molecular weight is 491 g/mol. The predicted molar refractivity (Wildman–Crippen MR) is 134 cm³/mol. The van der Waals surface area contributed by atoms with Crippen LogP contribution in [0.4, 0.5) is 16.0 Å². The zero-order valence-electron chi connectivity index (χ0n) is 20.0. The maximum atomic E-state index is 14.4. The van der Waals surface area contributed by atoms with Crippen LogP contribution in [0.2, 0.25) is 0 Å². The largest absolute Gasteiger partial charge is 0.494 e. The summed E-state index contributed by atoms with van der Waals surface area (Å²) in [7, 11) is 1.49. The molecule has 1 saturated carbocycles. The minimum absolute atomic E-state index is 0.175. The third-order valence-corrected chi connectivity index (χ3v) is 5.74. The Hall–Kier alpha value is -4.34. The highest BCUT2D eigenvalue weighted by molar-refractivity contribution is 6.07. The summed E-state index contributed by atoms with van der Waals surface area (Å²) in [5.74, 6) is -0.486. The van der Waals surface area contributed by atoms with Crippen molar-refractivity contribution in [1.29, 1.82) is 5.41 Å². The van der Waals surface area contributed by atoms with E-state index in [4.69, 9.17) is 15.9 Å². The van der Waals surface area contributed by atoms with E-state index in [1.165, 1.54) is 30.4 Å². The number of anilines is 2. The summed E-state index contributed by atoms with van der Waals surface area (Å²) >= 11 is 0. The Labute approximate surface area is 208 Å². The monoisotopic (exact) mass is 490 g/mol. The highest BCUT2D eigenvalue weighted by atomic mass is 19.1. The molecule has 0 aliphatic heterocycles. The van der Waals surface area contributed by atoms with E-state index < -0.39 is 11.7 Å². The second-order valence-electron chi connectivity index (χ2n) is 8.57. The zero-order chi connectivity index (χ0) is 25.8. The summed E-state index contributed by atoms with van der Waals surface area (Å²) in [5.41, 5.74) is 7.91. The van der Waals surface area contributed by atoms with Gasteiger partial charge in [-0.3, -0.25) is 9.59 Å². The van der Waals surface area contributed by atoms with Gasteiger partial charge in [0.05, 0.1) is 18.8 Å². The fourth-order valence-electron chi connectivity index (χ4n) is 3.77. The highest BCUT2D eigenvalue weighted by Crippen LogP contribution is 2.35. The Morgan fingerprint density at radius 1 is 1.19 bits per heavy atom. The molecule has 0 spiro atoms. The molecule has 186 valence electrons. The van der Waals surface area contributed by atoms with Crippen LogP contribution in [0.1, 0.15) is 35.7 Å². The molecule has 10 heteroatoms. The van der Waals surface area contributed by atoms with E-state index in [-0.39, 0.29) is 24.3 Å². The lowest BCUT2D eigenvalue weighted by molar-refractivity contribution is -0.118. The number of rotatable bonds is 10. The van der Waals surface area contributed by atoms with Crippen molar-refractivity contribution in [3.8, 4) is 16.9 Å². The molecule has 0 unspecified atom stereocenters. The lowest BCUT2D eigenvalue weighted by Crippen LogP contribution is -2.35. The van der Waals surface area contributed by atoms with Gasteiger partial charge in [-0.2, -0.15) is 0 Å². The number of benzene rings is 2. The van der Waals surface area contributed by atoms with E-state index in [0.29, 0.717) is 46.0 Å². The van der Waals surface area contributed by atoms with Gasteiger partial charge in [0.2, 0.25) is 11.9 Å². The third-order valence-electron chi connectivity index (χ3n) is 5.74. The van der Waals surface area contributed by atoms with Gasteiger partial charge in [-0.1, -0.05) is 6.07 Å². The number of hydrogen-bond acceptors (Lipinski definition) is 7. The number of carbonyl (C=O) groups is 2. The molecule has 1 fully saturated rings. The zero-order valence-corrected chi connectivity index (χ0v) is 20.0. The number of amides is 2. The third kappa shape index (κ3) is 5.65. The summed E-state index contributed by atoms with van der Waals surface area (Å²) in [6, 6.07) is 9.42. The molecular formula is C26H27FN6O3. The number of aromatic nitrogens is 2. The van der Waals surface area contributed by atoms with E-state index in [9.17, 15) is 14.0 Å². The normalized spacial score (nSPS) is 12.6. The summed E-state index contributed by atoms with van der Waals surface area (Å²) < 4.78 is 19.9. The van der Waals surface area contributed by atoms with E-state index in [1.807, 2.05) is 6.92 Å². The van der Waals surface area contributed by atoms with Crippen LogP contribution in [0.5, 0.6) is 5.75 Å². The van der Waals surface area contributed by atoms with Crippen molar-refractivity contribution in [2.75, 3.05) is 25.5 Å². The number of nitrogens with two attached hydrogens (primary N) is 1. The molecule has 9 nitrogen and oxygen atoms in total. The summed E-state index contributed by atoms with van der Waals surface area (Å²) in [5, 5.41) is 11.6. The first-order chi connectivity index (χ1) is 17.3. The van der Waals surface area contributed by atoms with E-state index in [2.05, 4.69) is 15.3 Å². The number of nitrogens with zero attached hydrogens (tertiary/aromatic N) is 3. The molecule has 2 aromatic carbocycles. The molecule has 0 saturated heterocycles. The number of ether oxygens (including phenoxy) is 1. The smallest absolute Gasteiger partial charge is 0.254 e. The van der Waals surface area contributed by atoms with E-state index in [1.54, 1.807) is 30.3 Å². The van der Waals surface area contributed by atoms with Crippen LogP contribution < -0.4 is 15.8 Å². The second-order valence-corrected chi connectivity index (χ2v) is 8.57. The first-order valence-corrected chi connectivity index (χ1v) is 11.5. The Balaban J connectivity index is 1.62. The van der Waals surface area contributed by atoms with Crippen LogP contribution in [-0.2, 0) is 4.79 Å². The molecule has 0 bridgehead atoms. The quantitative estimate of drug-likeness (QED) is 0.371. The second kappa shape index (κ2) is 10.5. The standard InChI is InChI=1S/C26H27FN6O3/c1-3-36-18-7-9-21(27)20(11-18)17-12-30-26(31-13-17)32-22-10-16(25(35)33(2)14-23(28)34)6-8-19(22)24(29)15-4-5-15/h6-13,15,29H,3-5,14H2,1-2H3,(H2,28,34)(H,30,31,32). The maximum absolute atomic E-state index is 14.4. The van der Waals surface area contributed by atoms with E-state index >= 15 is 0 Å². The van der Waals surface area contributed by atoms with Crippen molar-refractivity contribution in [3.63, 3.8) is 0 Å². The Morgan fingerprint density at radius 2 is 1.92 bits per heavy atom. The number of primary amides is 1. The molecular weight excluding hydrogens is 463 g/mol. The fourth-order valence-corrected chi connectivity index (χ4v) is 3.77. The minimum atomic E-state index is -0.618. The van der Waals surface area contributed by atoms with Gasteiger partial charge >= 0.3 is 0 Å². The molecule has 1 heterocycles. The number of likely N-dealkylation sites (N-methyl/N-ethyl adjacent to an activating group) is 1. The molecule has 1 aromatic heterocycles. The summed E-state index contributed by atoms with van der Waals surface area (Å²) in [6.45, 7) is 2.09. The molecule has 0 radical (unpaired) electrons. The lowest BCUT2D eigenvalue weighted by atomic mass is 10.0. The number of hydrogen-bond donors (Lipinski definition) is 3. The lowest BCUT2D eigenvalue weighted by Gasteiger charge is -2.18. The summed E-state index contributed by atoms with van der Waals surface area (Å²) in [6.07, 6.45) is 4.87. The molecule has 36 heavy (non-hydrogen) atoms. The Morgan fingerprint density at radius 3 is 2.56 bits per heavy atom. The van der Waals surface area contributed by atoms with Gasteiger partial charge in [-0.15, -0.1) is 0 Å². The van der Waals surface area contributed by atoms with Gasteiger partial charge in [0.25, 0.3) is 5.91 Å². The van der Waals surface area contributed by atoms with Crippen molar-refractivity contribution < 1.29 is 18.7 Å². The SMILES string of the molecule is CCOc1ccc(F)c(-c2cnc(Nc3cc(C(=O)N(C)CC(N)=O)ccc3C(=N)C3CC3)nc2)c1. The number of halogens is 1. The molecule has 2 amide bonds. The van der Waals surface area contributed by atoms with Crippen molar-refractivity contribution in [2.24, 2.45) is 11.7 Å². The van der Waals surface area contributed by atoms with Crippen molar-refractivity contribution in [3.05, 3.63) is 65.7 Å². The van der Waals surface area contributed by atoms with Gasteiger partial charge in [0.15, 0.2) is 0 Å². The van der Waals surface area contributed by atoms with Crippen molar-refractivity contribution in [2.45, 2.75) is 19.8 Å². The molecule has 1 aliphatic rings. The number of carbonyl (C=O) groups excluding carboxylic acids is 2. The first-order valence-electron chi connectivity index (χ1n) is 11.5. The van der Waals surface area contributed by atoms with Crippen LogP contribution in [0.3, 0.4) is 0 Å². The van der Waals surface area contributed by atoms with Crippen LogP contribution >= 0.6 is 0 Å². The molecule has 0 atom stereocenters. The van der Waals surface area contributed by atoms with Crippen LogP contribution in [0.25, 0.3) is 11.1 Å². The topological polar surface area (TPSA) is 134 Å². The van der Waals surface area contributed by atoms with Crippen molar-refractivity contribution in [1.82, 2.24) is 14.9 Å². The average Bonchev–Trinajstić information content (AvgIpc) is 3.70. The Kier molecular flexibility index (Phi) is 7.23. The van der Waals surface area contributed by atoms with Gasteiger partial charge in [0.1, 0.15) is 11.6 Å². The first kappa shape index (κ1) is 24.8. The van der Waals surface area contributed by atoms with Crippen LogP contribution in [-0.4, -0.2) is 52.6 Å². The van der Waals surface area contributed by atoms with Crippen molar-refractivity contribution >= 4 is 29.2 Å². The van der Waals surface area contributed by atoms with Gasteiger partial charge in [-0.25, -0.2) is 14.4 Å². The molecule has 1 aliphatic carbocycles.